The third-order valence-electron chi connectivity index (χ3n) is 4.89. The largest absolute Gasteiger partial charge is 0.419 e. The van der Waals surface area contributed by atoms with E-state index in [0.29, 0.717) is 35.9 Å². The van der Waals surface area contributed by atoms with E-state index in [1.54, 1.807) is 0 Å². The van der Waals surface area contributed by atoms with Crippen molar-refractivity contribution in [2.75, 3.05) is 13.1 Å². The Morgan fingerprint density at radius 1 is 1.08 bits per heavy atom. The fourth-order valence-electron chi connectivity index (χ4n) is 3.95. The minimum Gasteiger partial charge on any atom is -0.419 e. The molecule has 3 aromatic rings. The minimum atomic E-state index is 0.468. The second kappa shape index (κ2) is 7.03. The van der Waals surface area contributed by atoms with Gasteiger partial charge in [0.25, 0.3) is 5.89 Å². The monoisotopic (exact) mass is 352 g/mol. The van der Waals surface area contributed by atoms with Crippen LogP contribution in [0.15, 0.2) is 39.3 Å². The van der Waals surface area contributed by atoms with Crippen molar-refractivity contribution < 1.29 is 8.94 Å². The summed E-state index contributed by atoms with van der Waals surface area (Å²) in [5.41, 5.74) is 2.48. The van der Waals surface area contributed by atoms with Gasteiger partial charge in [0.2, 0.25) is 5.89 Å². The number of piperidine rings is 1. The molecule has 0 aliphatic carbocycles. The normalized spacial score (nSPS) is 21.2. The van der Waals surface area contributed by atoms with Crippen LogP contribution >= 0.6 is 0 Å². The van der Waals surface area contributed by atoms with Gasteiger partial charge in [-0.3, -0.25) is 4.90 Å². The zero-order valence-corrected chi connectivity index (χ0v) is 15.5. The van der Waals surface area contributed by atoms with Crippen LogP contribution in [0.3, 0.4) is 0 Å². The van der Waals surface area contributed by atoms with Gasteiger partial charge in [-0.1, -0.05) is 49.3 Å². The molecule has 0 unspecified atom stereocenters. The highest BCUT2D eigenvalue weighted by atomic mass is 16.5. The maximum atomic E-state index is 5.98. The molecule has 26 heavy (non-hydrogen) atoms. The summed E-state index contributed by atoms with van der Waals surface area (Å²) in [5, 5.41) is 12.7. The first-order valence-corrected chi connectivity index (χ1v) is 9.17. The second-order valence-corrected chi connectivity index (χ2v) is 7.47. The van der Waals surface area contributed by atoms with E-state index in [9.17, 15) is 0 Å². The van der Waals surface area contributed by atoms with Gasteiger partial charge < -0.3 is 8.94 Å². The van der Waals surface area contributed by atoms with Crippen molar-refractivity contribution >= 4 is 0 Å². The molecule has 3 heterocycles. The SMILES string of the molecule is Cc1onc(-c2ccccc2)c1-c1nnc(CN2C[C@@H](C)C[C@H](C)C2)o1. The number of benzene rings is 1. The molecule has 1 aliphatic heterocycles. The van der Waals surface area contributed by atoms with E-state index >= 15 is 0 Å². The van der Waals surface area contributed by atoms with Gasteiger partial charge in [0, 0.05) is 18.7 Å². The zero-order valence-electron chi connectivity index (χ0n) is 15.5. The van der Waals surface area contributed by atoms with Crippen molar-refractivity contribution in [2.24, 2.45) is 11.8 Å². The maximum absolute atomic E-state index is 5.98. The summed E-state index contributed by atoms with van der Waals surface area (Å²) in [5.74, 6) is 3.19. The fraction of sp³-hybridized carbons (Fsp3) is 0.450. The average Bonchev–Trinajstić information content (AvgIpc) is 3.21. The molecule has 4 rings (SSSR count). The van der Waals surface area contributed by atoms with Gasteiger partial charge in [-0.05, 0) is 25.2 Å². The Kier molecular flexibility index (Phi) is 4.59. The highest BCUT2D eigenvalue weighted by Gasteiger charge is 2.25. The van der Waals surface area contributed by atoms with Crippen molar-refractivity contribution in [3.63, 3.8) is 0 Å². The second-order valence-electron chi connectivity index (χ2n) is 7.47. The number of hydrogen-bond donors (Lipinski definition) is 0. The molecular weight excluding hydrogens is 328 g/mol. The Morgan fingerprint density at radius 2 is 1.81 bits per heavy atom. The summed E-state index contributed by atoms with van der Waals surface area (Å²) < 4.78 is 11.4. The summed E-state index contributed by atoms with van der Waals surface area (Å²) in [6.45, 7) is 9.30. The fourth-order valence-corrected chi connectivity index (χ4v) is 3.95. The Hall–Kier alpha value is -2.47. The Morgan fingerprint density at radius 3 is 2.54 bits per heavy atom. The first kappa shape index (κ1) is 17.0. The first-order valence-electron chi connectivity index (χ1n) is 9.17. The Balaban J connectivity index is 1.58. The van der Waals surface area contributed by atoms with E-state index in [1.807, 2.05) is 37.3 Å². The van der Waals surface area contributed by atoms with Crippen LogP contribution in [-0.4, -0.2) is 33.3 Å². The summed E-state index contributed by atoms with van der Waals surface area (Å²) >= 11 is 0. The molecular formula is C20H24N4O2. The summed E-state index contributed by atoms with van der Waals surface area (Å²) in [6.07, 6.45) is 1.28. The van der Waals surface area contributed by atoms with Gasteiger partial charge >= 0.3 is 0 Å². The van der Waals surface area contributed by atoms with Crippen LogP contribution in [0.5, 0.6) is 0 Å². The molecule has 2 atom stereocenters. The quantitative estimate of drug-likeness (QED) is 0.702. The molecule has 136 valence electrons. The van der Waals surface area contributed by atoms with Gasteiger partial charge in [-0.25, -0.2) is 0 Å². The lowest BCUT2D eigenvalue weighted by molar-refractivity contribution is 0.124. The summed E-state index contributed by atoms with van der Waals surface area (Å²) in [4.78, 5) is 2.40. The molecule has 0 amide bonds. The third kappa shape index (κ3) is 3.42. The van der Waals surface area contributed by atoms with E-state index in [1.165, 1.54) is 6.42 Å². The van der Waals surface area contributed by atoms with Gasteiger partial charge in [0.05, 0.1) is 6.54 Å². The molecule has 0 N–H and O–H groups in total. The third-order valence-corrected chi connectivity index (χ3v) is 4.89. The lowest BCUT2D eigenvalue weighted by atomic mass is 9.92. The smallest absolute Gasteiger partial charge is 0.253 e. The van der Waals surface area contributed by atoms with Crippen molar-refractivity contribution in [1.29, 1.82) is 0 Å². The Labute approximate surface area is 153 Å². The topological polar surface area (TPSA) is 68.2 Å². The summed E-state index contributed by atoms with van der Waals surface area (Å²) in [7, 11) is 0. The molecule has 1 aromatic carbocycles. The van der Waals surface area contributed by atoms with Crippen molar-refractivity contribution in [2.45, 2.75) is 33.7 Å². The van der Waals surface area contributed by atoms with Gasteiger partial charge in [-0.15, -0.1) is 10.2 Å². The van der Waals surface area contributed by atoms with Crippen LogP contribution < -0.4 is 0 Å². The van der Waals surface area contributed by atoms with E-state index in [0.717, 1.165) is 29.9 Å². The predicted octanol–water partition coefficient (Wildman–Crippen LogP) is 4.18. The number of hydrogen-bond acceptors (Lipinski definition) is 6. The highest BCUT2D eigenvalue weighted by molar-refractivity contribution is 5.77. The van der Waals surface area contributed by atoms with Gasteiger partial charge in [0.15, 0.2) is 0 Å². The van der Waals surface area contributed by atoms with E-state index in [2.05, 4.69) is 34.1 Å². The van der Waals surface area contributed by atoms with Crippen LogP contribution in [0.2, 0.25) is 0 Å². The van der Waals surface area contributed by atoms with Crippen LogP contribution in [-0.2, 0) is 6.54 Å². The molecule has 2 aromatic heterocycles. The molecule has 1 fully saturated rings. The lowest BCUT2D eigenvalue weighted by Crippen LogP contribution is -2.38. The highest BCUT2D eigenvalue weighted by Crippen LogP contribution is 2.33. The lowest BCUT2D eigenvalue weighted by Gasteiger charge is -2.33. The molecule has 6 heteroatoms. The molecule has 1 saturated heterocycles. The van der Waals surface area contributed by atoms with E-state index < -0.39 is 0 Å². The first-order chi connectivity index (χ1) is 12.6. The number of likely N-dealkylation sites (tertiary alicyclic amines) is 1. The number of rotatable bonds is 4. The van der Waals surface area contributed by atoms with E-state index in [-0.39, 0.29) is 0 Å². The average molecular weight is 352 g/mol. The maximum Gasteiger partial charge on any atom is 0.253 e. The van der Waals surface area contributed by atoms with Crippen molar-refractivity contribution in [3.8, 4) is 22.7 Å². The molecule has 6 nitrogen and oxygen atoms in total. The van der Waals surface area contributed by atoms with Crippen LogP contribution in [0.1, 0.15) is 31.9 Å². The summed E-state index contributed by atoms with van der Waals surface area (Å²) in [6, 6.07) is 9.91. The molecule has 0 bridgehead atoms. The Bertz CT molecular complexity index is 861. The minimum absolute atomic E-state index is 0.468. The van der Waals surface area contributed by atoms with Gasteiger partial charge in [0.1, 0.15) is 17.0 Å². The van der Waals surface area contributed by atoms with E-state index in [4.69, 9.17) is 8.94 Å². The predicted molar refractivity (Wildman–Crippen MR) is 98.2 cm³/mol. The molecule has 0 saturated carbocycles. The molecule has 0 spiro atoms. The van der Waals surface area contributed by atoms with Gasteiger partial charge in [-0.2, -0.15) is 0 Å². The number of aryl methyl sites for hydroxylation is 1. The van der Waals surface area contributed by atoms with Crippen molar-refractivity contribution in [1.82, 2.24) is 20.3 Å². The molecule has 0 radical (unpaired) electrons. The number of nitrogens with zero attached hydrogens (tertiary/aromatic N) is 4. The van der Waals surface area contributed by atoms with Crippen LogP contribution in [0.25, 0.3) is 22.7 Å². The number of aromatic nitrogens is 3. The van der Waals surface area contributed by atoms with Crippen LogP contribution in [0.4, 0.5) is 0 Å². The molecule has 1 aliphatic rings. The zero-order chi connectivity index (χ0) is 18.1. The standard InChI is InChI=1S/C20H24N4O2/c1-13-9-14(2)11-24(10-13)12-17-21-22-20(25-17)18-15(3)26-23-19(18)16-7-5-4-6-8-16/h4-8,13-14H,9-12H2,1-3H3/t13-,14-/m0/s1. The van der Waals surface area contributed by atoms with Crippen molar-refractivity contribution in [3.05, 3.63) is 42.0 Å². The van der Waals surface area contributed by atoms with Crippen LogP contribution in [0, 0.1) is 18.8 Å².